The fourth-order valence-electron chi connectivity index (χ4n) is 3.36. The Bertz CT molecular complexity index is 775. The third kappa shape index (κ3) is 2.68. The zero-order chi connectivity index (χ0) is 17.1. The van der Waals surface area contributed by atoms with Gasteiger partial charge in [0.15, 0.2) is 0 Å². The maximum absolute atomic E-state index is 11.8. The Morgan fingerprint density at radius 1 is 1.08 bits per heavy atom. The van der Waals surface area contributed by atoms with Crippen LogP contribution >= 0.6 is 0 Å². The van der Waals surface area contributed by atoms with Gasteiger partial charge in [-0.15, -0.1) is 0 Å². The van der Waals surface area contributed by atoms with E-state index in [-0.39, 0.29) is 23.3 Å². The summed E-state index contributed by atoms with van der Waals surface area (Å²) in [5.74, 6) is -0.183. The lowest BCUT2D eigenvalue weighted by molar-refractivity contribution is -0.533. The number of nitrogens with zero attached hydrogens (tertiary/aromatic N) is 3. The van der Waals surface area contributed by atoms with Crippen LogP contribution < -0.4 is 0 Å². The summed E-state index contributed by atoms with van der Waals surface area (Å²) in [5.41, 5.74) is 0.603. The van der Waals surface area contributed by atoms with E-state index in [2.05, 4.69) is 0 Å². The Hall–Kier alpha value is -3.32. The highest BCUT2D eigenvalue weighted by Gasteiger charge is 2.48. The molecule has 1 aliphatic carbocycles. The van der Waals surface area contributed by atoms with Gasteiger partial charge in [0.2, 0.25) is 6.04 Å². The maximum Gasteiger partial charge on any atom is 0.233 e. The van der Waals surface area contributed by atoms with Crippen LogP contribution in [0.15, 0.2) is 56.8 Å². The van der Waals surface area contributed by atoms with E-state index in [0.29, 0.717) is 17.1 Å². The van der Waals surface area contributed by atoms with Gasteiger partial charge in [-0.25, -0.2) is 0 Å². The Morgan fingerprint density at radius 2 is 1.58 bits per heavy atom. The highest BCUT2D eigenvalue weighted by Crippen LogP contribution is 2.46. The third-order valence-corrected chi connectivity index (χ3v) is 4.39. The summed E-state index contributed by atoms with van der Waals surface area (Å²) >= 11 is 0. The lowest BCUT2D eigenvalue weighted by atomic mass is 9.71. The number of hydrogen-bond acceptors (Lipinski definition) is 6. The van der Waals surface area contributed by atoms with Gasteiger partial charge in [-0.2, -0.15) is 10.5 Å². The van der Waals surface area contributed by atoms with Crippen molar-refractivity contribution in [3.05, 3.63) is 69.6 Å². The van der Waals surface area contributed by atoms with Gasteiger partial charge in [-0.3, -0.25) is 10.1 Å². The molecule has 7 heteroatoms. The predicted molar refractivity (Wildman–Crippen MR) is 81.2 cm³/mol. The normalized spacial score (nSPS) is 23.2. The summed E-state index contributed by atoms with van der Waals surface area (Å²) in [5, 5.41) is 30.1. The molecule has 120 valence electrons. The molecule has 2 aromatic rings. The summed E-state index contributed by atoms with van der Waals surface area (Å²) in [6.07, 6.45) is 3.41. The summed E-state index contributed by atoms with van der Waals surface area (Å²) in [6.45, 7) is 0. The van der Waals surface area contributed by atoms with Gasteiger partial charge < -0.3 is 8.83 Å². The van der Waals surface area contributed by atoms with Crippen LogP contribution in [0, 0.1) is 32.8 Å². The molecule has 2 heterocycles. The van der Waals surface area contributed by atoms with Crippen LogP contribution in [-0.2, 0) is 0 Å². The lowest BCUT2D eigenvalue weighted by Crippen LogP contribution is -2.38. The van der Waals surface area contributed by atoms with Crippen LogP contribution in [0.2, 0.25) is 0 Å². The second-order valence-electron chi connectivity index (χ2n) is 5.63. The number of furan rings is 2. The first-order valence-electron chi connectivity index (χ1n) is 7.38. The van der Waals surface area contributed by atoms with Gasteiger partial charge in [0.25, 0.3) is 0 Å². The smallest absolute Gasteiger partial charge is 0.233 e. The Balaban J connectivity index is 2.12. The molecular weight excluding hydrogens is 310 g/mol. The van der Waals surface area contributed by atoms with Crippen LogP contribution in [-0.4, -0.2) is 11.0 Å². The fraction of sp³-hybridized carbons (Fsp3) is 0.294. The standard InChI is InChI=1S/C17H13N3O4/c18-9-12(10-19)11-7-13(15-3-1-5-23-15)17(20(21)22)14(8-11)16-4-2-6-24-16/h1-6,13-14,17H,7-8H2. The van der Waals surface area contributed by atoms with E-state index in [1.165, 1.54) is 12.5 Å². The van der Waals surface area contributed by atoms with E-state index >= 15 is 0 Å². The minimum absolute atomic E-state index is 0.00455. The van der Waals surface area contributed by atoms with E-state index in [4.69, 9.17) is 8.83 Å². The zero-order valence-electron chi connectivity index (χ0n) is 12.6. The molecule has 2 unspecified atom stereocenters. The number of nitro groups is 1. The van der Waals surface area contributed by atoms with E-state index in [9.17, 15) is 20.6 Å². The maximum atomic E-state index is 11.8. The SMILES string of the molecule is N#CC(C#N)=C1CC(c2ccco2)C([N+](=O)[O-])C(c2ccco2)C1. The summed E-state index contributed by atoms with van der Waals surface area (Å²) < 4.78 is 10.8. The van der Waals surface area contributed by atoms with Crippen molar-refractivity contribution in [3.63, 3.8) is 0 Å². The first-order valence-corrected chi connectivity index (χ1v) is 7.38. The molecule has 0 saturated heterocycles. The van der Waals surface area contributed by atoms with Crippen molar-refractivity contribution in [3.8, 4) is 12.1 Å². The first kappa shape index (κ1) is 15.6. The molecule has 3 rings (SSSR count). The molecule has 1 saturated carbocycles. The van der Waals surface area contributed by atoms with E-state index in [0.717, 1.165) is 0 Å². The molecule has 7 nitrogen and oxygen atoms in total. The van der Waals surface area contributed by atoms with Crippen LogP contribution in [0.25, 0.3) is 0 Å². The van der Waals surface area contributed by atoms with Gasteiger partial charge in [-0.05, 0) is 42.7 Å². The summed E-state index contributed by atoms with van der Waals surface area (Å²) in [7, 11) is 0. The second kappa shape index (κ2) is 6.43. The average molecular weight is 323 g/mol. The molecule has 0 radical (unpaired) electrons. The molecule has 0 spiro atoms. The highest BCUT2D eigenvalue weighted by molar-refractivity contribution is 5.43. The van der Waals surface area contributed by atoms with Crippen molar-refractivity contribution in [2.75, 3.05) is 0 Å². The number of hydrogen-bond donors (Lipinski definition) is 0. The topological polar surface area (TPSA) is 117 Å². The van der Waals surface area contributed by atoms with Crippen molar-refractivity contribution in [1.82, 2.24) is 0 Å². The third-order valence-electron chi connectivity index (χ3n) is 4.39. The largest absolute Gasteiger partial charge is 0.469 e. The van der Waals surface area contributed by atoms with Crippen LogP contribution in [0.3, 0.4) is 0 Å². The minimum Gasteiger partial charge on any atom is -0.469 e. The quantitative estimate of drug-likeness (QED) is 0.484. The van der Waals surface area contributed by atoms with Crippen molar-refractivity contribution >= 4 is 0 Å². The molecule has 1 aliphatic rings. The van der Waals surface area contributed by atoms with Crippen molar-refractivity contribution in [2.24, 2.45) is 0 Å². The van der Waals surface area contributed by atoms with Crippen molar-refractivity contribution < 1.29 is 13.8 Å². The van der Waals surface area contributed by atoms with Crippen LogP contribution in [0.1, 0.15) is 36.2 Å². The van der Waals surface area contributed by atoms with Crippen LogP contribution in [0.5, 0.6) is 0 Å². The van der Waals surface area contributed by atoms with Gasteiger partial charge in [-0.1, -0.05) is 0 Å². The fourth-order valence-corrected chi connectivity index (χ4v) is 3.36. The highest BCUT2D eigenvalue weighted by atomic mass is 16.6. The molecule has 2 atom stereocenters. The van der Waals surface area contributed by atoms with Gasteiger partial charge in [0.05, 0.1) is 24.4 Å². The van der Waals surface area contributed by atoms with Crippen LogP contribution in [0.4, 0.5) is 0 Å². The van der Waals surface area contributed by atoms with E-state index in [1.807, 2.05) is 12.1 Å². The number of rotatable bonds is 3. The van der Waals surface area contributed by atoms with Gasteiger partial charge in [0, 0.05) is 4.92 Å². The summed E-state index contributed by atoms with van der Waals surface area (Å²) in [4.78, 5) is 11.4. The Morgan fingerprint density at radius 3 is 1.92 bits per heavy atom. The molecule has 1 fully saturated rings. The predicted octanol–water partition coefficient (Wildman–Crippen LogP) is 3.52. The Kier molecular flexibility index (Phi) is 4.17. The lowest BCUT2D eigenvalue weighted by Gasteiger charge is -2.31. The molecule has 0 aromatic carbocycles. The molecule has 0 aliphatic heterocycles. The van der Waals surface area contributed by atoms with Crippen molar-refractivity contribution in [1.29, 1.82) is 10.5 Å². The molecular formula is C17H13N3O4. The molecule has 0 N–H and O–H groups in total. The van der Waals surface area contributed by atoms with Crippen molar-refractivity contribution in [2.45, 2.75) is 30.7 Å². The molecule has 0 bridgehead atoms. The number of allylic oxidation sites excluding steroid dienone is 2. The zero-order valence-corrected chi connectivity index (χ0v) is 12.6. The van der Waals surface area contributed by atoms with E-state index in [1.54, 1.807) is 24.3 Å². The number of nitriles is 2. The first-order chi connectivity index (χ1) is 11.7. The Labute approximate surface area is 137 Å². The molecule has 0 amide bonds. The van der Waals surface area contributed by atoms with Gasteiger partial charge >= 0.3 is 0 Å². The van der Waals surface area contributed by atoms with Gasteiger partial charge in [0.1, 0.15) is 29.2 Å². The molecule has 24 heavy (non-hydrogen) atoms. The molecule has 2 aromatic heterocycles. The average Bonchev–Trinajstić information content (AvgIpc) is 3.28. The monoisotopic (exact) mass is 323 g/mol. The second-order valence-corrected chi connectivity index (χ2v) is 5.63. The minimum atomic E-state index is -0.954. The summed E-state index contributed by atoms with van der Waals surface area (Å²) in [6, 6.07) is 9.52. The van der Waals surface area contributed by atoms with E-state index < -0.39 is 17.9 Å².